The van der Waals surface area contributed by atoms with Crippen LogP contribution in [-0.4, -0.2) is 42.0 Å². The van der Waals surface area contributed by atoms with Crippen LogP contribution in [-0.2, 0) is 0 Å². The van der Waals surface area contributed by atoms with Crippen LogP contribution in [0.2, 0.25) is 0 Å². The third kappa shape index (κ3) is 3.44. The highest BCUT2D eigenvalue weighted by atomic mass is 32.1. The Hall–Kier alpha value is -1.92. The molecule has 1 aromatic carbocycles. The fraction of sp³-hybridized carbons (Fsp3) is 0.444. The third-order valence-corrected chi connectivity index (χ3v) is 5.50. The van der Waals surface area contributed by atoms with Gasteiger partial charge in [0.1, 0.15) is 15.6 Å². The molecule has 2 N–H and O–H groups in total. The summed E-state index contributed by atoms with van der Waals surface area (Å²) in [7, 11) is 0. The number of aryl methyl sites for hydroxylation is 1. The number of aromatic nitrogens is 1. The molecule has 0 radical (unpaired) electrons. The first-order valence-electron chi connectivity index (χ1n) is 8.32. The van der Waals surface area contributed by atoms with Gasteiger partial charge in [0, 0.05) is 18.7 Å². The lowest BCUT2D eigenvalue weighted by Crippen LogP contribution is -2.29. The maximum Gasteiger partial charge on any atom is 0.265 e. The fourth-order valence-electron chi connectivity index (χ4n) is 2.93. The monoisotopic (exact) mass is 345 g/mol. The third-order valence-electron chi connectivity index (χ3n) is 4.31. The van der Waals surface area contributed by atoms with Crippen molar-refractivity contribution in [3.8, 4) is 16.3 Å². The van der Waals surface area contributed by atoms with Crippen molar-refractivity contribution in [1.82, 2.24) is 9.88 Å². The van der Waals surface area contributed by atoms with Gasteiger partial charge in [-0.2, -0.15) is 0 Å². The van der Waals surface area contributed by atoms with Crippen molar-refractivity contribution in [3.63, 3.8) is 0 Å². The van der Waals surface area contributed by atoms with Crippen molar-refractivity contribution in [3.05, 3.63) is 34.8 Å². The molecule has 1 aliphatic rings. The number of nitrogens with zero attached hydrogens (tertiary/aromatic N) is 2. The van der Waals surface area contributed by atoms with E-state index in [1.807, 2.05) is 43.0 Å². The number of hydrogen-bond acceptors (Lipinski definition) is 5. The summed E-state index contributed by atoms with van der Waals surface area (Å²) >= 11 is 1.46. The maximum absolute atomic E-state index is 12.7. The van der Waals surface area contributed by atoms with Gasteiger partial charge in [-0.05, 0) is 57.0 Å². The molecule has 2 heterocycles. The number of likely N-dealkylation sites (tertiary alicyclic amines) is 1. The molecule has 1 aliphatic heterocycles. The Labute approximate surface area is 146 Å². The molecule has 128 valence electrons. The minimum atomic E-state index is 0.0816. The van der Waals surface area contributed by atoms with Crippen LogP contribution in [0.4, 0.5) is 0 Å². The van der Waals surface area contributed by atoms with Crippen LogP contribution in [0, 0.1) is 12.8 Å². The number of amides is 1. The molecule has 1 amide bonds. The van der Waals surface area contributed by atoms with Gasteiger partial charge in [0.25, 0.3) is 5.91 Å². The number of carbonyl (C=O) groups excluding carboxylic acids is 1. The molecule has 1 aromatic heterocycles. The number of thiazole rings is 1. The van der Waals surface area contributed by atoms with Crippen LogP contribution in [0.3, 0.4) is 0 Å². The predicted octanol–water partition coefficient (Wildman–Crippen LogP) is 2.94. The first kappa shape index (κ1) is 16.9. The molecule has 5 nitrogen and oxygen atoms in total. The van der Waals surface area contributed by atoms with Gasteiger partial charge in [-0.1, -0.05) is 0 Å². The molecule has 0 bridgehead atoms. The summed E-state index contributed by atoms with van der Waals surface area (Å²) in [6, 6.07) is 7.84. The Balaban J connectivity index is 1.78. The van der Waals surface area contributed by atoms with Gasteiger partial charge in [-0.25, -0.2) is 4.98 Å². The van der Waals surface area contributed by atoms with E-state index in [9.17, 15) is 4.79 Å². The Morgan fingerprint density at radius 1 is 1.42 bits per heavy atom. The Bertz CT molecular complexity index is 712. The average molecular weight is 345 g/mol. The number of ether oxygens (including phenoxy) is 1. The zero-order valence-electron chi connectivity index (χ0n) is 14.1. The predicted molar refractivity (Wildman–Crippen MR) is 96.5 cm³/mol. The number of carbonyl (C=O) groups is 1. The normalized spacial score (nSPS) is 17.3. The minimum absolute atomic E-state index is 0.0816. The standard InChI is InChI=1S/C18H23N3O2S/c1-3-23-15-6-4-14(5-7-15)17-20-12(2)16(24-17)18(22)21-9-8-13(10-19)11-21/h4-7,13H,3,8-11,19H2,1-2H3/t13-/m1/s1. The van der Waals surface area contributed by atoms with E-state index in [2.05, 4.69) is 4.98 Å². The average Bonchev–Trinajstić information content (AvgIpc) is 3.22. The molecule has 1 fully saturated rings. The number of benzene rings is 1. The van der Waals surface area contributed by atoms with E-state index < -0.39 is 0 Å². The molecule has 1 saturated heterocycles. The summed E-state index contributed by atoms with van der Waals surface area (Å²) in [4.78, 5) is 20.0. The second kappa shape index (κ2) is 7.32. The first-order valence-corrected chi connectivity index (χ1v) is 9.14. The van der Waals surface area contributed by atoms with Crippen molar-refractivity contribution in [2.75, 3.05) is 26.2 Å². The van der Waals surface area contributed by atoms with Crippen LogP contribution in [0.1, 0.15) is 28.7 Å². The van der Waals surface area contributed by atoms with Crippen molar-refractivity contribution in [1.29, 1.82) is 0 Å². The smallest absolute Gasteiger partial charge is 0.265 e. The topological polar surface area (TPSA) is 68.5 Å². The lowest BCUT2D eigenvalue weighted by molar-refractivity contribution is 0.0791. The van der Waals surface area contributed by atoms with E-state index in [0.29, 0.717) is 19.1 Å². The Morgan fingerprint density at radius 3 is 2.79 bits per heavy atom. The highest BCUT2D eigenvalue weighted by Crippen LogP contribution is 2.31. The lowest BCUT2D eigenvalue weighted by Gasteiger charge is -2.15. The summed E-state index contributed by atoms with van der Waals surface area (Å²) in [6.45, 7) is 6.69. The van der Waals surface area contributed by atoms with Crippen molar-refractivity contribution in [2.24, 2.45) is 11.7 Å². The summed E-state index contributed by atoms with van der Waals surface area (Å²) in [5.41, 5.74) is 7.52. The molecular weight excluding hydrogens is 322 g/mol. The number of rotatable bonds is 5. The van der Waals surface area contributed by atoms with Crippen molar-refractivity contribution in [2.45, 2.75) is 20.3 Å². The van der Waals surface area contributed by atoms with E-state index in [1.165, 1.54) is 11.3 Å². The molecule has 0 unspecified atom stereocenters. The van der Waals surface area contributed by atoms with E-state index >= 15 is 0 Å². The molecule has 1 atom stereocenters. The number of hydrogen-bond donors (Lipinski definition) is 1. The van der Waals surface area contributed by atoms with E-state index in [0.717, 1.165) is 46.4 Å². The largest absolute Gasteiger partial charge is 0.494 e. The fourth-order valence-corrected chi connectivity index (χ4v) is 3.97. The van der Waals surface area contributed by atoms with Gasteiger partial charge >= 0.3 is 0 Å². The van der Waals surface area contributed by atoms with Crippen LogP contribution in [0.5, 0.6) is 5.75 Å². The molecule has 6 heteroatoms. The van der Waals surface area contributed by atoms with Gasteiger partial charge < -0.3 is 15.4 Å². The van der Waals surface area contributed by atoms with Gasteiger partial charge in [0.2, 0.25) is 0 Å². The second-order valence-corrected chi connectivity index (χ2v) is 7.03. The zero-order valence-corrected chi connectivity index (χ0v) is 14.9. The summed E-state index contributed by atoms with van der Waals surface area (Å²) in [5.74, 6) is 1.35. The van der Waals surface area contributed by atoms with Crippen molar-refractivity contribution < 1.29 is 9.53 Å². The van der Waals surface area contributed by atoms with Crippen LogP contribution in [0.25, 0.3) is 10.6 Å². The van der Waals surface area contributed by atoms with Crippen LogP contribution >= 0.6 is 11.3 Å². The lowest BCUT2D eigenvalue weighted by atomic mass is 10.1. The van der Waals surface area contributed by atoms with Crippen LogP contribution in [0.15, 0.2) is 24.3 Å². The summed E-state index contributed by atoms with van der Waals surface area (Å²) in [5, 5.41) is 0.869. The van der Waals surface area contributed by atoms with E-state index in [4.69, 9.17) is 10.5 Å². The SMILES string of the molecule is CCOc1ccc(-c2nc(C)c(C(=O)N3CC[C@H](CN)C3)s2)cc1. The zero-order chi connectivity index (χ0) is 17.1. The van der Waals surface area contributed by atoms with Gasteiger partial charge in [-0.3, -0.25) is 4.79 Å². The van der Waals surface area contributed by atoms with Crippen molar-refractivity contribution >= 4 is 17.2 Å². The Morgan fingerprint density at radius 2 is 2.17 bits per heavy atom. The molecule has 2 aromatic rings. The second-order valence-electron chi connectivity index (χ2n) is 6.03. The summed E-state index contributed by atoms with van der Waals surface area (Å²) < 4.78 is 5.46. The Kier molecular flexibility index (Phi) is 5.16. The summed E-state index contributed by atoms with van der Waals surface area (Å²) in [6.07, 6.45) is 0.992. The highest BCUT2D eigenvalue weighted by molar-refractivity contribution is 7.17. The first-order chi connectivity index (χ1) is 11.6. The number of nitrogens with two attached hydrogens (primary N) is 1. The highest BCUT2D eigenvalue weighted by Gasteiger charge is 2.28. The van der Waals surface area contributed by atoms with Gasteiger partial charge in [0.15, 0.2) is 0 Å². The molecular formula is C18H23N3O2S. The van der Waals surface area contributed by atoms with E-state index in [1.54, 1.807) is 0 Å². The molecule has 0 aliphatic carbocycles. The quantitative estimate of drug-likeness (QED) is 0.905. The van der Waals surface area contributed by atoms with Gasteiger partial charge in [0.05, 0.1) is 12.3 Å². The molecule has 0 spiro atoms. The van der Waals surface area contributed by atoms with E-state index in [-0.39, 0.29) is 5.91 Å². The molecule has 3 rings (SSSR count). The van der Waals surface area contributed by atoms with Gasteiger partial charge in [-0.15, -0.1) is 11.3 Å². The molecule has 0 saturated carbocycles. The maximum atomic E-state index is 12.7. The molecule has 24 heavy (non-hydrogen) atoms. The van der Waals surface area contributed by atoms with Crippen LogP contribution < -0.4 is 10.5 Å². The minimum Gasteiger partial charge on any atom is -0.494 e.